The van der Waals surface area contributed by atoms with Crippen LogP contribution in [0, 0.1) is 12.8 Å². The summed E-state index contributed by atoms with van der Waals surface area (Å²) in [5.41, 5.74) is 5.09. The largest absolute Gasteiger partial charge is 0.349 e. The highest BCUT2D eigenvalue weighted by Gasteiger charge is 2.26. The monoisotopic (exact) mass is 555 g/mol. The van der Waals surface area contributed by atoms with Crippen LogP contribution in [0.3, 0.4) is 0 Å². The number of aromatic nitrogens is 6. The van der Waals surface area contributed by atoms with Crippen molar-refractivity contribution in [3.63, 3.8) is 0 Å². The molecule has 1 aliphatic carbocycles. The van der Waals surface area contributed by atoms with Gasteiger partial charge < -0.3 is 5.32 Å². The standard InChI is InChI=1S/C30H30ClN7O2/c1-19-24(15-21(31)17-33-19)29(39)34-22-9-7-20(8-10-22)18-37-27-5-3-4-6-28(27)38(30(37)40)23-11-13-32-26(16-23)25-12-14-36(2)35-25/h3-6,11-17,20,22H,7-10,18H2,1-2H3,(H,34,39)/t20-,22-. The second-order valence-electron chi connectivity index (χ2n) is 10.5. The lowest BCUT2D eigenvalue weighted by atomic mass is 9.85. The van der Waals surface area contributed by atoms with Crippen LogP contribution in [-0.4, -0.2) is 40.8 Å². The predicted octanol–water partition coefficient (Wildman–Crippen LogP) is 4.93. The van der Waals surface area contributed by atoms with Crippen molar-refractivity contribution in [1.82, 2.24) is 34.2 Å². The van der Waals surface area contributed by atoms with Gasteiger partial charge in [-0.1, -0.05) is 23.7 Å². The number of imidazole rings is 1. The highest BCUT2D eigenvalue weighted by molar-refractivity contribution is 6.30. The Morgan fingerprint density at radius 3 is 2.55 bits per heavy atom. The number of carbonyl (C=O) groups is 1. The van der Waals surface area contributed by atoms with Crippen LogP contribution >= 0.6 is 11.6 Å². The summed E-state index contributed by atoms with van der Waals surface area (Å²) in [6, 6.07) is 15.3. The summed E-state index contributed by atoms with van der Waals surface area (Å²) in [5, 5.41) is 8.06. The summed E-state index contributed by atoms with van der Waals surface area (Å²) >= 11 is 6.05. The Labute approximate surface area is 236 Å². The lowest BCUT2D eigenvalue weighted by molar-refractivity contribution is 0.0919. The van der Waals surface area contributed by atoms with Gasteiger partial charge in [-0.3, -0.25) is 28.6 Å². The van der Waals surface area contributed by atoms with E-state index in [1.165, 1.54) is 0 Å². The molecule has 1 N–H and O–H groups in total. The van der Waals surface area contributed by atoms with Gasteiger partial charge in [0.15, 0.2) is 0 Å². The molecule has 0 bridgehead atoms. The van der Waals surface area contributed by atoms with Crippen LogP contribution in [0.2, 0.25) is 5.02 Å². The van der Waals surface area contributed by atoms with Crippen LogP contribution in [0.15, 0.2) is 71.9 Å². The number of nitrogens with zero attached hydrogens (tertiary/aromatic N) is 6. The molecule has 5 aromatic rings. The quantitative estimate of drug-likeness (QED) is 0.320. The Kier molecular flexibility index (Phi) is 6.98. The van der Waals surface area contributed by atoms with Crippen molar-refractivity contribution in [3.05, 3.63) is 93.9 Å². The van der Waals surface area contributed by atoms with Crippen molar-refractivity contribution in [2.24, 2.45) is 13.0 Å². The van der Waals surface area contributed by atoms with Crippen LogP contribution in [0.25, 0.3) is 28.1 Å². The van der Waals surface area contributed by atoms with Gasteiger partial charge in [0, 0.05) is 38.2 Å². The van der Waals surface area contributed by atoms with E-state index in [0.717, 1.165) is 48.1 Å². The fraction of sp³-hybridized carbons (Fsp3) is 0.300. The third-order valence-electron chi connectivity index (χ3n) is 7.73. The highest BCUT2D eigenvalue weighted by Crippen LogP contribution is 2.28. The van der Waals surface area contributed by atoms with Gasteiger partial charge in [-0.05, 0) is 74.9 Å². The maximum atomic E-state index is 13.9. The zero-order chi connectivity index (χ0) is 27.8. The van der Waals surface area contributed by atoms with E-state index in [0.29, 0.717) is 34.4 Å². The number of nitrogens with one attached hydrogen (secondary N) is 1. The van der Waals surface area contributed by atoms with Crippen LogP contribution in [0.4, 0.5) is 0 Å². The van der Waals surface area contributed by atoms with Crippen molar-refractivity contribution in [1.29, 1.82) is 0 Å². The van der Waals surface area contributed by atoms with Crippen molar-refractivity contribution in [3.8, 4) is 17.1 Å². The van der Waals surface area contributed by atoms with Gasteiger partial charge in [0.2, 0.25) is 0 Å². The Balaban J connectivity index is 1.20. The van der Waals surface area contributed by atoms with Gasteiger partial charge in [-0.15, -0.1) is 0 Å². The number of pyridine rings is 2. The maximum absolute atomic E-state index is 13.9. The molecule has 6 rings (SSSR count). The van der Waals surface area contributed by atoms with Crippen molar-refractivity contribution < 1.29 is 4.79 Å². The lowest BCUT2D eigenvalue weighted by Crippen LogP contribution is -2.39. The number of aryl methyl sites for hydroxylation is 2. The molecule has 204 valence electrons. The molecule has 1 amide bonds. The Hall–Kier alpha value is -4.24. The minimum Gasteiger partial charge on any atom is -0.349 e. The number of para-hydroxylation sites is 2. The number of hydrogen-bond acceptors (Lipinski definition) is 5. The predicted molar refractivity (Wildman–Crippen MR) is 155 cm³/mol. The third-order valence-corrected chi connectivity index (χ3v) is 7.94. The summed E-state index contributed by atoms with van der Waals surface area (Å²) in [6.07, 6.45) is 8.69. The van der Waals surface area contributed by atoms with Crippen molar-refractivity contribution in [2.75, 3.05) is 0 Å². The van der Waals surface area contributed by atoms with Crippen LogP contribution < -0.4 is 11.0 Å². The molecule has 0 radical (unpaired) electrons. The average molecular weight is 556 g/mol. The molecule has 40 heavy (non-hydrogen) atoms. The van der Waals surface area contributed by atoms with E-state index < -0.39 is 0 Å². The molecule has 10 heteroatoms. The zero-order valence-corrected chi connectivity index (χ0v) is 23.2. The zero-order valence-electron chi connectivity index (χ0n) is 22.4. The Bertz CT molecular complexity index is 1760. The number of rotatable bonds is 6. The van der Waals surface area contributed by atoms with E-state index >= 15 is 0 Å². The summed E-state index contributed by atoms with van der Waals surface area (Å²) in [4.78, 5) is 35.4. The number of fused-ring (bicyclic) bond motifs is 1. The fourth-order valence-corrected chi connectivity index (χ4v) is 5.79. The minimum atomic E-state index is -0.141. The molecule has 1 aliphatic rings. The minimum absolute atomic E-state index is 0.0706. The first-order chi connectivity index (χ1) is 19.4. The van der Waals surface area contributed by atoms with E-state index in [2.05, 4.69) is 20.4 Å². The van der Waals surface area contributed by atoms with E-state index in [-0.39, 0.29) is 17.6 Å². The molecular formula is C30H30ClN7O2. The smallest absolute Gasteiger partial charge is 0.333 e. The number of benzene rings is 1. The molecular weight excluding hydrogens is 526 g/mol. The molecule has 0 atom stereocenters. The number of halogens is 1. The molecule has 1 aromatic carbocycles. The maximum Gasteiger partial charge on any atom is 0.333 e. The summed E-state index contributed by atoms with van der Waals surface area (Å²) in [5.74, 6) is 0.193. The Morgan fingerprint density at radius 2 is 1.80 bits per heavy atom. The van der Waals surface area contributed by atoms with Crippen LogP contribution in [0.1, 0.15) is 41.7 Å². The van der Waals surface area contributed by atoms with Gasteiger partial charge in [0.25, 0.3) is 5.91 Å². The summed E-state index contributed by atoms with van der Waals surface area (Å²) < 4.78 is 5.38. The summed E-state index contributed by atoms with van der Waals surface area (Å²) in [6.45, 7) is 2.43. The molecule has 0 saturated heterocycles. The van der Waals surface area contributed by atoms with Gasteiger partial charge in [-0.2, -0.15) is 5.10 Å². The number of carbonyl (C=O) groups excluding carboxylic acids is 1. The topological polar surface area (TPSA) is 99.6 Å². The number of amides is 1. The first-order valence-electron chi connectivity index (χ1n) is 13.5. The fourth-order valence-electron chi connectivity index (χ4n) is 5.63. The van der Waals surface area contributed by atoms with E-state index in [9.17, 15) is 9.59 Å². The van der Waals surface area contributed by atoms with E-state index in [1.54, 1.807) is 27.7 Å². The summed E-state index contributed by atoms with van der Waals surface area (Å²) in [7, 11) is 1.87. The molecule has 9 nitrogen and oxygen atoms in total. The third kappa shape index (κ3) is 5.04. The SMILES string of the molecule is Cc1ncc(Cl)cc1C(=O)N[C@H]1CC[C@H](Cn2c(=O)n(-c3ccnc(-c4ccn(C)n4)c3)c3ccccc32)CC1. The lowest BCUT2D eigenvalue weighted by Gasteiger charge is -2.29. The van der Waals surface area contributed by atoms with Crippen LogP contribution in [-0.2, 0) is 13.6 Å². The molecule has 0 spiro atoms. The Morgan fingerprint density at radius 1 is 1.02 bits per heavy atom. The van der Waals surface area contributed by atoms with Gasteiger partial charge in [-0.25, -0.2) is 4.79 Å². The molecule has 4 heterocycles. The van der Waals surface area contributed by atoms with Crippen molar-refractivity contribution >= 4 is 28.5 Å². The van der Waals surface area contributed by atoms with Crippen LogP contribution in [0.5, 0.6) is 0 Å². The van der Waals surface area contributed by atoms with Gasteiger partial charge in [0.1, 0.15) is 5.69 Å². The second kappa shape index (κ2) is 10.7. The highest BCUT2D eigenvalue weighted by atomic mass is 35.5. The van der Waals surface area contributed by atoms with E-state index in [4.69, 9.17) is 11.6 Å². The van der Waals surface area contributed by atoms with E-state index in [1.807, 2.05) is 67.2 Å². The first-order valence-corrected chi connectivity index (χ1v) is 13.8. The molecule has 0 unspecified atom stereocenters. The first kappa shape index (κ1) is 26.0. The second-order valence-corrected chi connectivity index (χ2v) is 10.9. The molecule has 1 saturated carbocycles. The molecule has 1 fully saturated rings. The molecule has 0 aliphatic heterocycles. The number of hydrogen-bond donors (Lipinski definition) is 1. The van der Waals surface area contributed by atoms with Gasteiger partial charge in [0.05, 0.1) is 38.7 Å². The van der Waals surface area contributed by atoms with Crippen molar-refractivity contribution in [2.45, 2.75) is 45.2 Å². The normalized spacial score (nSPS) is 17.3. The molecule has 4 aromatic heterocycles. The van der Waals surface area contributed by atoms with Gasteiger partial charge >= 0.3 is 5.69 Å². The average Bonchev–Trinajstić information content (AvgIpc) is 3.52.